The van der Waals surface area contributed by atoms with Crippen LogP contribution in [0, 0.1) is 0 Å². The maximum absolute atomic E-state index is 12.8. The first kappa shape index (κ1) is 21.6. The monoisotopic (exact) mass is 427 g/mol. The van der Waals surface area contributed by atoms with E-state index in [0.29, 0.717) is 4.90 Å². The van der Waals surface area contributed by atoms with Crippen molar-refractivity contribution in [2.45, 2.75) is 43.9 Å². The second-order valence-electron chi connectivity index (χ2n) is 7.15. The van der Waals surface area contributed by atoms with E-state index in [9.17, 15) is 32.7 Å². The van der Waals surface area contributed by atoms with Crippen LogP contribution in [-0.4, -0.2) is 63.8 Å². The third kappa shape index (κ3) is 4.11. The lowest BCUT2D eigenvalue weighted by molar-refractivity contribution is -0.173. The lowest BCUT2D eigenvalue weighted by Gasteiger charge is -2.25. The average Bonchev–Trinajstić information content (AvgIpc) is 3.30. The van der Waals surface area contributed by atoms with Crippen LogP contribution in [0.15, 0.2) is 24.8 Å². The van der Waals surface area contributed by atoms with Gasteiger partial charge in [0, 0.05) is 13.0 Å². The van der Waals surface area contributed by atoms with Gasteiger partial charge in [0.2, 0.25) is 5.91 Å². The molecule has 0 saturated carbocycles. The van der Waals surface area contributed by atoms with Crippen molar-refractivity contribution < 1.29 is 37.4 Å². The van der Waals surface area contributed by atoms with Crippen LogP contribution in [0.2, 0.25) is 0 Å². The van der Waals surface area contributed by atoms with E-state index in [1.807, 2.05) is 18.2 Å². The lowest BCUT2D eigenvalue weighted by atomic mass is 10.0. The van der Waals surface area contributed by atoms with Gasteiger partial charge in [-0.1, -0.05) is 30.9 Å². The minimum absolute atomic E-state index is 0.257. The van der Waals surface area contributed by atoms with Crippen molar-refractivity contribution >= 4 is 24.0 Å². The Kier molecular flexibility index (Phi) is 5.75. The van der Waals surface area contributed by atoms with Crippen molar-refractivity contribution in [1.82, 2.24) is 9.80 Å². The highest BCUT2D eigenvalue weighted by Gasteiger charge is 2.49. The van der Waals surface area contributed by atoms with E-state index in [4.69, 9.17) is 10.5 Å². The molecule has 0 spiro atoms. The summed E-state index contributed by atoms with van der Waals surface area (Å²) in [5.41, 5.74) is 7.61. The molecule has 1 saturated heterocycles. The van der Waals surface area contributed by atoms with Crippen LogP contribution in [0.3, 0.4) is 0 Å². The van der Waals surface area contributed by atoms with Gasteiger partial charge in [-0.25, -0.2) is 9.59 Å². The lowest BCUT2D eigenvalue weighted by Crippen LogP contribution is -2.54. The number of likely N-dealkylation sites (tertiary alicyclic amines) is 1. The molecular weight excluding hydrogens is 407 g/mol. The molecular formula is C19H20F3N3O5. The molecule has 0 bridgehead atoms. The summed E-state index contributed by atoms with van der Waals surface area (Å²) in [6, 6.07) is 1.12. The maximum Gasteiger partial charge on any atom is 0.412 e. The third-order valence-corrected chi connectivity index (χ3v) is 5.21. The Morgan fingerprint density at radius 2 is 2.00 bits per heavy atom. The number of hydrogen-bond donors (Lipinski definition) is 2. The number of halogens is 3. The molecule has 3 rings (SSSR count). The number of benzene rings is 1. The minimum atomic E-state index is -5.01. The van der Waals surface area contributed by atoms with E-state index in [-0.39, 0.29) is 19.5 Å². The number of carboxylic acid groups (broad SMARTS) is 1. The minimum Gasteiger partial charge on any atom is -0.480 e. The molecule has 2 amide bonds. The summed E-state index contributed by atoms with van der Waals surface area (Å²) in [6.07, 6.45) is -5.49. The van der Waals surface area contributed by atoms with Gasteiger partial charge in [-0.3, -0.25) is 9.69 Å². The summed E-state index contributed by atoms with van der Waals surface area (Å²) in [5, 5.41) is 9.28. The standard InChI is InChI=1S/C19H20F3N3O5/c1-2-10-4-3-5-11-7-24(9-13(10)11)18(29)30-12-6-14(17(27)28)25(8-12)16(26)15(23)19(20,21)22/h2-5,12,14-15H,1,6-9,23H2,(H,27,28)/t12-,14+,15?/m1/s1. The Morgan fingerprint density at radius 3 is 2.60 bits per heavy atom. The first-order valence-corrected chi connectivity index (χ1v) is 9.07. The van der Waals surface area contributed by atoms with Gasteiger partial charge in [-0.15, -0.1) is 0 Å². The molecule has 11 heteroatoms. The van der Waals surface area contributed by atoms with E-state index in [2.05, 4.69) is 6.58 Å². The van der Waals surface area contributed by atoms with Crippen molar-refractivity contribution in [3.05, 3.63) is 41.5 Å². The highest BCUT2D eigenvalue weighted by molar-refractivity contribution is 5.88. The van der Waals surface area contributed by atoms with Crippen LogP contribution in [0.5, 0.6) is 0 Å². The normalized spacial score (nSPS) is 21.9. The molecule has 0 aliphatic carbocycles. The Bertz CT molecular complexity index is 889. The van der Waals surface area contributed by atoms with Crippen LogP contribution in [0.25, 0.3) is 6.08 Å². The molecule has 2 aliphatic rings. The molecule has 2 heterocycles. The van der Waals surface area contributed by atoms with Gasteiger partial charge in [0.1, 0.15) is 12.1 Å². The number of carbonyl (C=O) groups is 3. The Balaban J connectivity index is 1.67. The molecule has 1 aromatic rings. The number of rotatable bonds is 4. The molecule has 1 fully saturated rings. The molecule has 2 aliphatic heterocycles. The van der Waals surface area contributed by atoms with E-state index in [1.54, 1.807) is 6.08 Å². The molecule has 0 aromatic heterocycles. The zero-order chi connectivity index (χ0) is 22.2. The smallest absolute Gasteiger partial charge is 0.412 e. The number of carboxylic acids is 1. The highest BCUT2D eigenvalue weighted by Crippen LogP contribution is 2.29. The van der Waals surface area contributed by atoms with Crippen molar-refractivity contribution in [3.63, 3.8) is 0 Å². The highest BCUT2D eigenvalue weighted by atomic mass is 19.4. The topological polar surface area (TPSA) is 113 Å². The number of nitrogens with zero attached hydrogens (tertiary/aromatic N) is 2. The van der Waals surface area contributed by atoms with Gasteiger partial charge < -0.3 is 20.5 Å². The maximum atomic E-state index is 12.8. The number of ether oxygens (including phenoxy) is 1. The first-order valence-electron chi connectivity index (χ1n) is 9.07. The SMILES string of the molecule is C=Cc1cccc2c1CN(C(=O)O[C@@H]1C[C@@H](C(=O)O)N(C(=O)C(N)C(F)(F)F)C1)C2. The second-order valence-corrected chi connectivity index (χ2v) is 7.15. The molecule has 30 heavy (non-hydrogen) atoms. The van der Waals surface area contributed by atoms with E-state index >= 15 is 0 Å². The summed E-state index contributed by atoms with van der Waals surface area (Å²) < 4.78 is 43.6. The van der Waals surface area contributed by atoms with Gasteiger partial charge in [0.25, 0.3) is 0 Å². The number of carbonyl (C=O) groups excluding carboxylic acids is 2. The summed E-state index contributed by atoms with van der Waals surface area (Å²) in [7, 11) is 0. The van der Waals surface area contributed by atoms with Gasteiger partial charge in [-0.05, 0) is 16.7 Å². The molecule has 8 nitrogen and oxygen atoms in total. The van der Waals surface area contributed by atoms with E-state index < -0.39 is 48.9 Å². The Morgan fingerprint density at radius 1 is 1.30 bits per heavy atom. The second kappa shape index (κ2) is 7.98. The van der Waals surface area contributed by atoms with Crippen LogP contribution in [0.1, 0.15) is 23.1 Å². The summed E-state index contributed by atoms with van der Waals surface area (Å²) in [4.78, 5) is 37.9. The summed E-state index contributed by atoms with van der Waals surface area (Å²) in [6.45, 7) is 3.77. The molecule has 0 radical (unpaired) electrons. The van der Waals surface area contributed by atoms with Crippen molar-refractivity contribution in [2.24, 2.45) is 5.73 Å². The fourth-order valence-corrected chi connectivity index (χ4v) is 3.66. The van der Waals surface area contributed by atoms with Crippen LogP contribution in [0.4, 0.5) is 18.0 Å². The van der Waals surface area contributed by atoms with Crippen molar-refractivity contribution in [3.8, 4) is 0 Å². The number of fused-ring (bicyclic) bond motifs is 1. The van der Waals surface area contributed by atoms with Gasteiger partial charge >= 0.3 is 18.2 Å². The molecule has 1 aromatic carbocycles. The summed E-state index contributed by atoms with van der Waals surface area (Å²) >= 11 is 0. The number of alkyl halides is 3. The summed E-state index contributed by atoms with van der Waals surface area (Å²) in [5.74, 6) is -3.07. The Labute approximate surface area is 169 Å². The number of hydrogen-bond acceptors (Lipinski definition) is 5. The number of nitrogens with two attached hydrogens (primary N) is 1. The first-order chi connectivity index (χ1) is 14.0. The van der Waals surface area contributed by atoms with Crippen molar-refractivity contribution in [1.29, 1.82) is 0 Å². The van der Waals surface area contributed by atoms with Gasteiger partial charge in [-0.2, -0.15) is 13.2 Å². The molecule has 3 atom stereocenters. The Hall–Kier alpha value is -3.08. The molecule has 3 N–H and O–H groups in total. The fourth-order valence-electron chi connectivity index (χ4n) is 3.66. The molecule has 1 unspecified atom stereocenters. The van der Waals surface area contributed by atoms with Crippen molar-refractivity contribution in [2.75, 3.05) is 6.54 Å². The fraction of sp³-hybridized carbons (Fsp3) is 0.421. The predicted octanol–water partition coefficient (Wildman–Crippen LogP) is 1.73. The van der Waals surface area contributed by atoms with Gasteiger partial charge in [0.15, 0.2) is 6.04 Å². The van der Waals surface area contributed by atoms with E-state index in [0.717, 1.165) is 16.7 Å². The van der Waals surface area contributed by atoms with Crippen LogP contribution >= 0.6 is 0 Å². The average molecular weight is 427 g/mol. The van der Waals surface area contributed by atoms with Crippen LogP contribution in [-0.2, 0) is 27.4 Å². The van der Waals surface area contributed by atoms with Crippen LogP contribution < -0.4 is 5.73 Å². The zero-order valence-electron chi connectivity index (χ0n) is 15.8. The van der Waals surface area contributed by atoms with Gasteiger partial charge in [0.05, 0.1) is 13.1 Å². The third-order valence-electron chi connectivity index (χ3n) is 5.21. The van der Waals surface area contributed by atoms with E-state index in [1.165, 1.54) is 4.90 Å². The zero-order valence-corrected chi connectivity index (χ0v) is 15.8. The predicted molar refractivity (Wildman–Crippen MR) is 97.8 cm³/mol. The molecule has 162 valence electrons. The largest absolute Gasteiger partial charge is 0.480 e. The number of amides is 2. The quantitative estimate of drug-likeness (QED) is 0.757. The number of aliphatic carboxylic acids is 1.